The lowest BCUT2D eigenvalue weighted by Crippen LogP contribution is -2.43. The third-order valence-corrected chi connectivity index (χ3v) is 4.84. The highest BCUT2D eigenvalue weighted by molar-refractivity contribution is 5.79. The van der Waals surface area contributed by atoms with Crippen LogP contribution in [0.4, 0.5) is 0 Å². The summed E-state index contributed by atoms with van der Waals surface area (Å²) in [5.74, 6) is 1.53. The number of H-pyrrole nitrogens is 1. The van der Waals surface area contributed by atoms with E-state index in [4.69, 9.17) is 4.74 Å². The largest absolute Gasteiger partial charge is 0.366 e. The standard InChI is InChI=1S/C18H22N4O2/c1-12-19-18(21-20-12)16-11-22(7-8-24-16)17(23)10-13-5-6-14-3-2-4-15(14)9-13/h5-6,9,16H,2-4,7-8,10-11H2,1H3,(H,19,20,21). The molecule has 2 aromatic rings. The number of carbonyl (C=O) groups is 1. The van der Waals surface area contributed by atoms with Gasteiger partial charge >= 0.3 is 0 Å². The predicted octanol–water partition coefficient (Wildman–Crippen LogP) is 1.74. The molecular weight excluding hydrogens is 304 g/mol. The summed E-state index contributed by atoms with van der Waals surface area (Å²) < 4.78 is 5.73. The van der Waals surface area contributed by atoms with Gasteiger partial charge in [-0.3, -0.25) is 9.89 Å². The molecule has 0 bridgehead atoms. The van der Waals surface area contributed by atoms with Crippen molar-refractivity contribution in [2.45, 2.75) is 38.7 Å². The Morgan fingerprint density at radius 2 is 2.25 bits per heavy atom. The highest BCUT2D eigenvalue weighted by Crippen LogP contribution is 2.24. The predicted molar refractivity (Wildman–Crippen MR) is 88.6 cm³/mol. The minimum atomic E-state index is -0.243. The molecule has 6 nitrogen and oxygen atoms in total. The van der Waals surface area contributed by atoms with Gasteiger partial charge in [0, 0.05) is 6.54 Å². The average molecular weight is 326 g/mol. The average Bonchev–Trinajstić information content (AvgIpc) is 3.23. The number of nitrogens with zero attached hydrogens (tertiary/aromatic N) is 3. The Morgan fingerprint density at radius 3 is 3.08 bits per heavy atom. The number of aryl methyl sites for hydroxylation is 3. The second kappa shape index (κ2) is 6.36. The zero-order chi connectivity index (χ0) is 16.5. The number of nitrogens with one attached hydrogen (secondary N) is 1. The normalized spacial score (nSPS) is 20.2. The van der Waals surface area contributed by atoms with Gasteiger partial charge in [-0.05, 0) is 42.9 Å². The zero-order valence-corrected chi connectivity index (χ0v) is 13.9. The van der Waals surface area contributed by atoms with Crippen LogP contribution >= 0.6 is 0 Å². The number of fused-ring (bicyclic) bond motifs is 1. The molecule has 2 aliphatic rings. The smallest absolute Gasteiger partial charge is 0.227 e. The van der Waals surface area contributed by atoms with Crippen molar-refractivity contribution in [1.29, 1.82) is 0 Å². The summed E-state index contributed by atoms with van der Waals surface area (Å²) in [5.41, 5.74) is 3.96. The molecule has 1 aliphatic heterocycles. The molecule has 1 aliphatic carbocycles. The fraction of sp³-hybridized carbons (Fsp3) is 0.500. The lowest BCUT2D eigenvalue weighted by atomic mass is 10.0. The van der Waals surface area contributed by atoms with Crippen molar-refractivity contribution < 1.29 is 9.53 Å². The summed E-state index contributed by atoms with van der Waals surface area (Å²) in [5, 5.41) is 6.99. The van der Waals surface area contributed by atoms with Crippen molar-refractivity contribution in [3.8, 4) is 0 Å². The third kappa shape index (κ3) is 3.06. The molecule has 0 saturated carbocycles. The molecule has 0 spiro atoms. The van der Waals surface area contributed by atoms with E-state index in [2.05, 4.69) is 33.4 Å². The third-order valence-electron chi connectivity index (χ3n) is 4.84. The fourth-order valence-corrected chi connectivity index (χ4v) is 3.56. The van der Waals surface area contributed by atoms with E-state index in [0.29, 0.717) is 31.9 Å². The molecule has 0 radical (unpaired) electrons. The Morgan fingerprint density at radius 1 is 1.38 bits per heavy atom. The van der Waals surface area contributed by atoms with Gasteiger partial charge in [0.15, 0.2) is 5.82 Å². The van der Waals surface area contributed by atoms with Crippen molar-refractivity contribution >= 4 is 5.91 Å². The Kier molecular flexibility index (Phi) is 4.06. The van der Waals surface area contributed by atoms with E-state index in [1.165, 1.54) is 24.0 Å². The van der Waals surface area contributed by atoms with E-state index in [9.17, 15) is 4.79 Å². The number of carbonyl (C=O) groups excluding carboxylic acids is 1. The number of amides is 1. The van der Waals surface area contributed by atoms with Crippen LogP contribution in [0.15, 0.2) is 18.2 Å². The second-order valence-corrected chi connectivity index (χ2v) is 6.61. The van der Waals surface area contributed by atoms with Crippen LogP contribution in [0.1, 0.15) is 40.9 Å². The summed E-state index contributed by atoms with van der Waals surface area (Å²) in [6, 6.07) is 6.49. The topological polar surface area (TPSA) is 71.1 Å². The van der Waals surface area contributed by atoms with Crippen LogP contribution in [-0.4, -0.2) is 45.7 Å². The first kappa shape index (κ1) is 15.3. The minimum Gasteiger partial charge on any atom is -0.366 e. The van der Waals surface area contributed by atoms with Crippen LogP contribution in [0.2, 0.25) is 0 Å². The SMILES string of the molecule is Cc1nc(C2CN(C(=O)Cc3ccc4c(c3)CCC4)CCO2)n[nH]1. The Labute approximate surface area is 141 Å². The molecule has 1 aromatic heterocycles. The number of hydrogen-bond acceptors (Lipinski definition) is 4. The van der Waals surface area contributed by atoms with Gasteiger partial charge in [-0.2, -0.15) is 5.10 Å². The molecule has 6 heteroatoms. The fourth-order valence-electron chi connectivity index (χ4n) is 3.56. The molecule has 1 saturated heterocycles. The number of hydrogen-bond donors (Lipinski definition) is 1. The number of rotatable bonds is 3. The molecule has 24 heavy (non-hydrogen) atoms. The quantitative estimate of drug-likeness (QED) is 0.933. The van der Waals surface area contributed by atoms with Crippen molar-refractivity contribution in [3.63, 3.8) is 0 Å². The molecule has 1 fully saturated rings. The van der Waals surface area contributed by atoms with Gasteiger partial charge in [-0.25, -0.2) is 4.98 Å². The van der Waals surface area contributed by atoms with E-state index in [0.717, 1.165) is 17.8 Å². The Balaban J connectivity index is 1.42. The zero-order valence-electron chi connectivity index (χ0n) is 13.9. The summed E-state index contributed by atoms with van der Waals surface area (Å²) in [6.07, 6.45) is 3.75. The van der Waals surface area contributed by atoms with Gasteiger partial charge in [0.1, 0.15) is 11.9 Å². The summed E-state index contributed by atoms with van der Waals surface area (Å²) in [7, 11) is 0. The van der Waals surface area contributed by atoms with Gasteiger partial charge in [0.2, 0.25) is 5.91 Å². The van der Waals surface area contributed by atoms with Crippen molar-refractivity contribution in [2.75, 3.05) is 19.7 Å². The first-order chi connectivity index (χ1) is 11.7. The highest BCUT2D eigenvalue weighted by atomic mass is 16.5. The van der Waals surface area contributed by atoms with E-state index in [1.807, 2.05) is 11.8 Å². The first-order valence-corrected chi connectivity index (χ1v) is 8.58. The molecule has 1 atom stereocenters. The van der Waals surface area contributed by atoms with E-state index in [-0.39, 0.29) is 12.0 Å². The minimum absolute atomic E-state index is 0.147. The lowest BCUT2D eigenvalue weighted by molar-refractivity contribution is -0.138. The van der Waals surface area contributed by atoms with Crippen molar-refractivity contribution in [1.82, 2.24) is 20.1 Å². The summed E-state index contributed by atoms with van der Waals surface area (Å²) >= 11 is 0. The Hall–Kier alpha value is -2.21. The molecule has 2 heterocycles. The Bertz CT molecular complexity index is 755. The second-order valence-electron chi connectivity index (χ2n) is 6.61. The molecule has 1 aromatic carbocycles. The van der Waals surface area contributed by atoms with Gasteiger partial charge in [0.05, 0.1) is 19.6 Å². The number of ether oxygens (including phenoxy) is 1. The van der Waals surface area contributed by atoms with E-state index >= 15 is 0 Å². The number of aromatic amines is 1. The maximum absolute atomic E-state index is 12.7. The molecule has 126 valence electrons. The lowest BCUT2D eigenvalue weighted by Gasteiger charge is -2.31. The van der Waals surface area contributed by atoms with Crippen LogP contribution < -0.4 is 0 Å². The molecule has 1 N–H and O–H groups in total. The van der Waals surface area contributed by atoms with Crippen molar-refractivity contribution in [2.24, 2.45) is 0 Å². The number of morpholine rings is 1. The maximum Gasteiger partial charge on any atom is 0.227 e. The molecular formula is C18H22N4O2. The number of benzene rings is 1. The van der Waals surface area contributed by atoms with Gasteiger partial charge < -0.3 is 9.64 Å². The monoisotopic (exact) mass is 326 g/mol. The van der Waals surface area contributed by atoms with Crippen LogP contribution in [0, 0.1) is 6.92 Å². The van der Waals surface area contributed by atoms with E-state index in [1.54, 1.807) is 0 Å². The van der Waals surface area contributed by atoms with Crippen molar-refractivity contribution in [3.05, 3.63) is 46.5 Å². The number of aromatic nitrogens is 3. The van der Waals surface area contributed by atoms with Crippen LogP contribution in [0.5, 0.6) is 0 Å². The summed E-state index contributed by atoms with van der Waals surface area (Å²) in [4.78, 5) is 18.9. The van der Waals surface area contributed by atoms with Gasteiger partial charge in [-0.15, -0.1) is 0 Å². The van der Waals surface area contributed by atoms with Gasteiger partial charge in [0.25, 0.3) is 0 Å². The van der Waals surface area contributed by atoms with Crippen LogP contribution in [0.3, 0.4) is 0 Å². The molecule has 1 unspecified atom stereocenters. The maximum atomic E-state index is 12.7. The van der Waals surface area contributed by atoms with Crippen LogP contribution in [0.25, 0.3) is 0 Å². The summed E-state index contributed by atoms with van der Waals surface area (Å²) in [6.45, 7) is 3.52. The van der Waals surface area contributed by atoms with Gasteiger partial charge in [-0.1, -0.05) is 18.2 Å². The molecule has 1 amide bonds. The highest BCUT2D eigenvalue weighted by Gasteiger charge is 2.28. The van der Waals surface area contributed by atoms with E-state index < -0.39 is 0 Å². The first-order valence-electron chi connectivity index (χ1n) is 8.58. The van der Waals surface area contributed by atoms with Crippen LogP contribution in [-0.2, 0) is 28.8 Å². The molecule has 4 rings (SSSR count).